The number of aliphatic carboxylic acids is 1. The number of carboxylic acids is 1. The fourth-order valence-electron chi connectivity index (χ4n) is 1.42. The SMILES string of the molecule is O=C(O)Cc1nnnn1Cc1cccc(Cl)c1. The first-order chi connectivity index (χ1) is 8.15. The Hall–Kier alpha value is -1.95. The second kappa shape index (κ2) is 4.92. The van der Waals surface area contributed by atoms with Gasteiger partial charge in [-0.2, -0.15) is 0 Å². The van der Waals surface area contributed by atoms with Crippen LogP contribution in [0.1, 0.15) is 11.4 Å². The molecule has 2 rings (SSSR count). The van der Waals surface area contributed by atoms with Crippen LogP contribution in [0, 0.1) is 0 Å². The third kappa shape index (κ3) is 3.01. The lowest BCUT2D eigenvalue weighted by atomic mass is 10.2. The zero-order valence-corrected chi connectivity index (χ0v) is 9.50. The molecular formula is C10H9ClN4O2. The first kappa shape index (κ1) is 11.5. The van der Waals surface area contributed by atoms with Gasteiger partial charge >= 0.3 is 5.97 Å². The standard InChI is InChI=1S/C10H9ClN4O2/c11-8-3-1-2-7(4-8)6-15-9(5-10(16)17)12-13-14-15/h1-4H,5-6H2,(H,16,17). The lowest BCUT2D eigenvalue weighted by Crippen LogP contribution is -2.11. The van der Waals surface area contributed by atoms with Crippen molar-refractivity contribution in [3.63, 3.8) is 0 Å². The van der Waals surface area contributed by atoms with E-state index < -0.39 is 5.97 Å². The van der Waals surface area contributed by atoms with E-state index in [-0.39, 0.29) is 6.42 Å². The van der Waals surface area contributed by atoms with Crippen molar-refractivity contribution in [2.45, 2.75) is 13.0 Å². The molecule has 0 radical (unpaired) electrons. The van der Waals surface area contributed by atoms with Crippen molar-refractivity contribution in [1.29, 1.82) is 0 Å². The molecule has 0 aliphatic rings. The molecular weight excluding hydrogens is 244 g/mol. The van der Waals surface area contributed by atoms with Crippen LogP contribution >= 0.6 is 11.6 Å². The van der Waals surface area contributed by atoms with Crippen molar-refractivity contribution in [2.24, 2.45) is 0 Å². The maximum Gasteiger partial charge on any atom is 0.311 e. The van der Waals surface area contributed by atoms with Crippen molar-refractivity contribution in [1.82, 2.24) is 20.2 Å². The third-order valence-electron chi connectivity index (χ3n) is 2.14. The Bertz CT molecular complexity index is 541. The minimum Gasteiger partial charge on any atom is -0.481 e. The van der Waals surface area contributed by atoms with Gasteiger partial charge in [0.05, 0.1) is 6.54 Å². The summed E-state index contributed by atoms with van der Waals surface area (Å²) in [5.41, 5.74) is 0.913. The van der Waals surface area contributed by atoms with E-state index in [2.05, 4.69) is 15.5 Å². The zero-order chi connectivity index (χ0) is 12.3. The largest absolute Gasteiger partial charge is 0.481 e. The quantitative estimate of drug-likeness (QED) is 0.878. The maximum absolute atomic E-state index is 10.6. The highest BCUT2D eigenvalue weighted by molar-refractivity contribution is 6.30. The summed E-state index contributed by atoms with van der Waals surface area (Å²) in [5, 5.41) is 20.2. The Morgan fingerprint density at radius 2 is 2.29 bits per heavy atom. The predicted molar refractivity (Wildman–Crippen MR) is 59.7 cm³/mol. The smallest absolute Gasteiger partial charge is 0.311 e. The number of benzene rings is 1. The van der Waals surface area contributed by atoms with E-state index in [4.69, 9.17) is 16.7 Å². The van der Waals surface area contributed by atoms with E-state index in [0.29, 0.717) is 17.4 Å². The number of carbonyl (C=O) groups is 1. The Morgan fingerprint density at radius 1 is 1.47 bits per heavy atom. The van der Waals surface area contributed by atoms with Crippen LogP contribution in [-0.4, -0.2) is 31.3 Å². The van der Waals surface area contributed by atoms with Crippen molar-refractivity contribution in [2.75, 3.05) is 0 Å². The first-order valence-corrected chi connectivity index (χ1v) is 5.24. The molecule has 6 nitrogen and oxygen atoms in total. The second-order valence-corrected chi connectivity index (χ2v) is 3.89. The number of aromatic nitrogens is 4. The van der Waals surface area contributed by atoms with Crippen LogP contribution in [0.2, 0.25) is 5.02 Å². The predicted octanol–water partition coefficient (Wildman–Crippen LogP) is 1.00. The van der Waals surface area contributed by atoms with E-state index in [9.17, 15) is 4.79 Å². The molecule has 0 unspecified atom stereocenters. The maximum atomic E-state index is 10.6. The van der Waals surface area contributed by atoms with Crippen LogP contribution in [0.5, 0.6) is 0 Å². The molecule has 0 saturated heterocycles. The van der Waals surface area contributed by atoms with Gasteiger partial charge in [0.1, 0.15) is 6.42 Å². The molecule has 88 valence electrons. The van der Waals surface area contributed by atoms with Crippen LogP contribution in [0.3, 0.4) is 0 Å². The molecule has 7 heteroatoms. The van der Waals surface area contributed by atoms with Crippen LogP contribution in [0.15, 0.2) is 24.3 Å². The molecule has 17 heavy (non-hydrogen) atoms. The van der Waals surface area contributed by atoms with Crippen molar-refractivity contribution >= 4 is 17.6 Å². The number of hydrogen-bond acceptors (Lipinski definition) is 4. The third-order valence-corrected chi connectivity index (χ3v) is 2.37. The molecule has 1 aromatic heterocycles. The number of rotatable bonds is 4. The fourth-order valence-corrected chi connectivity index (χ4v) is 1.63. The molecule has 2 aromatic rings. The molecule has 0 bridgehead atoms. The molecule has 0 amide bonds. The van der Waals surface area contributed by atoms with E-state index in [1.165, 1.54) is 4.68 Å². The van der Waals surface area contributed by atoms with Crippen LogP contribution < -0.4 is 0 Å². The molecule has 1 N–H and O–H groups in total. The van der Waals surface area contributed by atoms with Crippen LogP contribution in [0.25, 0.3) is 0 Å². The van der Waals surface area contributed by atoms with Gasteiger partial charge in [-0.25, -0.2) is 4.68 Å². The molecule has 1 aromatic carbocycles. The number of halogens is 1. The highest BCUT2D eigenvalue weighted by atomic mass is 35.5. The summed E-state index contributed by atoms with van der Waals surface area (Å²) in [6.45, 7) is 0.399. The summed E-state index contributed by atoms with van der Waals surface area (Å²) in [6, 6.07) is 7.24. The van der Waals surface area contributed by atoms with Crippen LogP contribution in [0.4, 0.5) is 0 Å². The van der Waals surface area contributed by atoms with Crippen LogP contribution in [-0.2, 0) is 17.8 Å². The average Bonchev–Trinajstić information content (AvgIpc) is 2.65. The summed E-state index contributed by atoms with van der Waals surface area (Å²) < 4.78 is 1.44. The Labute approximate surface area is 102 Å². The molecule has 0 atom stereocenters. The minimum absolute atomic E-state index is 0.201. The van der Waals surface area contributed by atoms with Crippen molar-refractivity contribution in [3.8, 4) is 0 Å². The Morgan fingerprint density at radius 3 is 3.00 bits per heavy atom. The number of tetrazole rings is 1. The average molecular weight is 253 g/mol. The number of carboxylic acid groups (broad SMARTS) is 1. The summed E-state index contributed by atoms with van der Waals surface area (Å²) in [4.78, 5) is 10.6. The van der Waals surface area contributed by atoms with Crippen molar-refractivity contribution < 1.29 is 9.90 Å². The van der Waals surface area contributed by atoms with E-state index in [1.807, 2.05) is 12.1 Å². The van der Waals surface area contributed by atoms with Gasteiger partial charge in [-0.05, 0) is 28.1 Å². The zero-order valence-electron chi connectivity index (χ0n) is 8.75. The highest BCUT2D eigenvalue weighted by Crippen LogP contribution is 2.11. The Balaban J connectivity index is 2.18. The monoisotopic (exact) mass is 252 g/mol. The van der Waals surface area contributed by atoms with Gasteiger partial charge in [-0.15, -0.1) is 5.10 Å². The van der Waals surface area contributed by atoms with Gasteiger partial charge in [0.2, 0.25) is 0 Å². The lowest BCUT2D eigenvalue weighted by molar-refractivity contribution is -0.136. The molecule has 0 fully saturated rings. The highest BCUT2D eigenvalue weighted by Gasteiger charge is 2.10. The number of nitrogens with zero attached hydrogens (tertiary/aromatic N) is 4. The van der Waals surface area contributed by atoms with Gasteiger partial charge in [0.25, 0.3) is 0 Å². The second-order valence-electron chi connectivity index (χ2n) is 3.45. The normalized spacial score (nSPS) is 10.4. The Kier molecular flexibility index (Phi) is 3.34. The summed E-state index contributed by atoms with van der Waals surface area (Å²) in [7, 11) is 0. The molecule has 0 saturated carbocycles. The molecule has 0 aliphatic heterocycles. The molecule has 0 spiro atoms. The fraction of sp³-hybridized carbons (Fsp3) is 0.200. The summed E-state index contributed by atoms with van der Waals surface area (Å²) >= 11 is 5.85. The first-order valence-electron chi connectivity index (χ1n) is 4.86. The number of hydrogen-bond donors (Lipinski definition) is 1. The van der Waals surface area contributed by atoms with Crippen molar-refractivity contribution in [3.05, 3.63) is 40.7 Å². The molecule has 1 heterocycles. The topological polar surface area (TPSA) is 80.9 Å². The lowest BCUT2D eigenvalue weighted by Gasteiger charge is -2.03. The molecule has 0 aliphatic carbocycles. The van der Waals surface area contributed by atoms with Gasteiger partial charge in [-0.3, -0.25) is 4.79 Å². The van der Waals surface area contributed by atoms with E-state index in [1.54, 1.807) is 12.1 Å². The van der Waals surface area contributed by atoms with Gasteiger partial charge in [0, 0.05) is 5.02 Å². The van der Waals surface area contributed by atoms with Gasteiger partial charge in [-0.1, -0.05) is 23.7 Å². The van der Waals surface area contributed by atoms with E-state index in [0.717, 1.165) is 5.56 Å². The minimum atomic E-state index is -0.966. The summed E-state index contributed by atoms with van der Waals surface area (Å²) in [5.74, 6) is -0.649. The van der Waals surface area contributed by atoms with E-state index >= 15 is 0 Å². The van der Waals surface area contributed by atoms with Gasteiger partial charge < -0.3 is 5.11 Å². The van der Waals surface area contributed by atoms with Gasteiger partial charge in [0.15, 0.2) is 5.82 Å². The summed E-state index contributed by atoms with van der Waals surface area (Å²) in [6.07, 6.45) is -0.201.